The fourth-order valence-corrected chi connectivity index (χ4v) is 1.94. The van der Waals surface area contributed by atoms with Gasteiger partial charge in [0.2, 0.25) is 0 Å². The molecule has 0 amide bonds. The van der Waals surface area contributed by atoms with E-state index in [9.17, 15) is 4.79 Å². The van der Waals surface area contributed by atoms with E-state index in [0.29, 0.717) is 13.2 Å². The number of carbonyl (C=O) groups is 1. The van der Waals surface area contributed by atoms with E-state index in [1.165, 1.54) is 7.11 Å². The van der Waals surface area contributed by atoms with Crippen molar-refractivity contribution in [3.8, 4) is 0 Å². The summed E-state index contributed by atoms with van der Waals surface area (Å²) in [5, 5.41) is 3.21. The molecule has 0 aromatic rings. The summed E-state index contributed by atoms with van der Waals surface area (Å²) >= 11 is 0. The van der Waals surface area contributed by atoms with Gasteiger partial charge in [-0.05, 0) is 26.9 Å². The largest absolute Gasteiger partial charge is 0.468 e. The fraction of sp³-hybridized carbons (Fsp3) is 0.923. The van der Waals surface area contributed by atoms with Gasteiger partial charge in [-0.3, -0.25) is 9.69 Å². The van der Waals surface area contributed by atoms with Crippen molar-refractivity contribution in [2.24, 2.45) is 0 Å². The molecule has 0 saturated heterocycles. The van der Waals surface area contributed by atoms with Crippen LogP contribution in [0, 0.1) is 0 Å². The Balaban J connectivity index is 4.47. The monoisotopic (exact) mass is 260 g/mol. The number of nitrogens with zero attached hydrogens (tertiary/aromatic N) is 1. The predicted octanol–water partition coefficient (Wildman–Crippen LogP) is 0.886. The summed E-state index contributed by atoms with van der Waals surface area (Å²) in [4.78, 5) is 14.1. The van der Waals surface area contributed by atoms with Gasteiger partial charge < -0.3 is 14.8 Å². The molecule has 1 N–H and O–H groups in total. The third kappa shape index (κ3) is 5.80. The third-order valence-electron chi connectivity index (χ3n) is 2.95. The molecule has 5 heteroatoms. The molecular formula is C13H28N2O3. The first-order chi connectivity index (χ1) is 8.53. The summed E-state index contributed by atoms with van der Waals surface area (Å²) in [6.45, 7) is 12.4. The molecule has 0 aliphatic heterocycles. The van der Waals surface area contributed by atoms with E-state index in [1.54, 1.807) is 0 Å². The molecule has 1 unspecified atom stereocenters. The zero-order chi connectivity index (χ0) is 14.0. The molecule has 1 atom stereocenters. The van der Waals surface area contributed by atoms with Crippen LogP contribution in [0.1, 0.15) is 27.7 Å². The highest BCUT2D eigenvalue weighted by Gasteiger charge is 2.34. The molecule has 0 fully saturated rings. The third-order valence-corrected chi connectivity index (χ3v) is 2.95. The zero-order valence-electron chi connectivity index (χ0n) is 12.4. The minimum Gasteiger partial charge on any atom is -0.468 e. The molecule has 108 valence electrons. The first-order valence-electron chi connectivity index (χ1n) is 6.67. The van der Waals surface area contributed by atoms with Crippen molar-refractivity contribution in [2.45, 2.75) is 33.2 Å². The summed E-state index contributed by atoms with van der Waals surface area (Å²) < 4.78 is 10.2. The topological polar surface area (TPSA) is 50.8 Å². The van der Waals surface area contributed by atoms with Crippen molar-refractivity contribution < 1.29 is 14.3 Å². The van der Waals surface area contributed by atoms with Gasteiger partial charge >= 0.3 is 5.97 Å². The van der Waals surface area contributed by atoms with Gasteiger partial charge in [0.05, 0.1) is 13.7 Å². The van der Waals surface area contributed by atoms with Crippen molar-refractivity contribution in [1.82, 2.24) is 10.2 Å². The van der Waals surface area contributed by atoms with Crippen molar-refractivity contribution in [1.29, 1.82) is 0 Å². The van der Waals surface area contributed by atoms with E-state index in [4.69, 9.17) is 9.47 Å². The summed E-state index contributed by atoms with van der Waals surface area (Å²) in [5.41, 5.74) is -0.661. The number of nitrogens with one attached hydrogen (secondary N) is 1. The van der Waals surface area contributed by atoms with Gasteiger partial charge in [0.1, 0.15) is 5.54 Å². The average molecular weight is 260 g/mol. The first-order valence-corrected chi connectivity index (χ1v) is 6.67. The smallest absolute Gasteiger partial charge is 0.327 e. The molecule has 5 nitrogen and oxygen atoms in total. The molecule has 18 heavy (non-hydrogen) atoms. The highest BCUT2D eigenvalue weighted by Crippen LogP contribution is 2.09. The Hall–Kier alpha value is -0.650. The number of rotatable bonds is 10. The molecule has 0 bridgehead atoms. The summed E-state index contributed by atoms with van der Waals surface area (Å²) in [7, 11) is 1.43. The highest BCUT2D eigenvalue weighted by molar-refractivity contribution is 5.80. The number of carbonyl (C=O) groups excluding carboxylic acids is 1. The number of hydrogen-bond donors (Lipinski definition) is 1. The minimum atomic E-state index is -0.661. The van der Waals surface area contributed by atoms with Gasteiger partial charge in [0.25, 0.3) is 0 Å². The van der Waals surface area contributed by atoms with Crippen LogP contribution in [0.4, 0.5) is 0 Å². The van der Waals surface area contributed by atoms with E-state index < -0.39 is 5.54 Å². The van der Waals surface area contributed by atoms with Gasteiger partial charge in [-0.15, -0.1) is 0 Å². The Bertz CT molecular complexity index is 236. The minimum absolute atomic E-state index is 0.223. The van der Waals surface area contributed by atoms with E-state index >= 15 is 0 Å². The Kier molecular flexibility index (Phi) is 8.97. The number of hydrogen-bond acceptors (Lipinski definition) is 5. The normalized spacial score (nSPS) is 14.6. The van der Waals surface area contributed by atoms with E-state index in [1.807, 2.05) is 20.8 Å². The molecule has 0 rings (SSSR count). The van der Waals surface area contributed by atoms with Crippen LogP contribution >= 0.6 is 0 Å². The van der Waals surface area contributed by atoms with Gasteiger partial charge in [0.15, 0.2) is 0 Å². The molecule has 0 spiro atoms. The van der Waals surface area contributed by atoms with Crippen molar-refractivity contribution >= 4 is 5.97 Å². The van der Waals surface area contributed by atoms with Gasteiger partial charge in [0, 0.05) is 19.7 Å². The lowest BCUT2D eigenvalue weighted by molar-refractivity contribution is -0.148. The standard InChI is InChI=1S/C13H28N2O3/c1-6-14-13(4,12(16)17-5)11-15(7-2)9-10-18-8-3/h14H,6-11H2,1-5H3. The first kappa shape index (κ1) is 17.4. The average Bonchev–Trinajstić information content (AvgIpc) is 2.37. The second-order valence-electron chi connectivity index (χ2n) is 4.42. The number of methoxy groups -OCH3 is 1. The molecule has 0 aromatic heterocycles. The van der Waals surface area contributed by atoms with Gasteiger partial charge in [-0.25, -0.2) is 0 Å². The molecule has 0 aliphatic rings. The van der Waals surface area contributed by atoms with Crippen molar-refractivity contribution in [3.63, 3.8) is 0 Å². The second kappa shape index (κ2) is 9.30. The lowest BCUT2D eigenvalue weighted by atomic mass is 10.0. The molecule has 0 saturated carbocycles. The summed E-state index contributed by atoms with van der Waals surface area (Å²) in [5.74, 6) is -0.223. The Morgan fingerprint density at radius 3 is 2.44 bits per heavy atom. The molecular weight excluding hydrogens is 232 g/mol. The maximum Gasteiger partial charge on any atom is 0.327 e. The van der Waals surface area contributed by atoms with Crippen LogP contribution in [-0.4, -0.2) is 62.9 Å². The van der Waals surface area contributed by atoms with E-state index in [0.717, 1.165) is 26.2 Å². The van der Waals surface area contributed by atoms with Crippen molar-refractivity contribution in [2.75, 3.05) is 46.5 Å². The number of ether oxygens (including phenoxy) is 2. The Morgan fingerprint density at radius 1 is 1.33 bits per heavy atom. The molecule has 0 aliphatic carbocycles. The van der Waals surface area contributed by atoms with E-state index in [-0.39, 0.29) is 5.97 Å². The fourth-order valence-electron chi connectivity index (χ4n) is 1.94. The van der Waals surface area contributed by atoms with Crippen LogP contribution in [0.3, 0.4) is 0 Å². The van der Waals surface area contributed by atoms with Crippen LogP contribution in [0.2, 0.25) is 0 Å². The van der Waals surface area contributed by atoms with E-state index in [2.05, 4.69) is 17.1 Å². The maximum absolute atomic E-state index is 11.9. The Morgan fingerprint density at radius 2 is 2.00 bits per heavy atom. The quantitative estimate of drug-likeness (QED) is 0.467. The van der Waals surface area contributed by atoms with Gasteiger partial charge in [-0.2, -0.15) is 0 Å². The highest BCUT2D eigenvalue weighted by atomic mass is 16.5. The molecule has 0 radical (unpaired) electrons. The second-order valence-corrected chi connectivity index (χ2v) is 4.42. The van der Waals surface area contributed by atoms with Crippen LogP contribution in [-0.2, 0) is 14.3 Å². The van der Waals surface area contributed by atoms with Crippen LogP contribution in [0.25, 0.3) is 0 Å². The maximum atomic E-state index is 11.9. The number of esters is 1. The summed E-state index contributed by atoms with van der Waals surface area (Å²) in [6, 6.07) is 0. The van der Waals surface area contributed by atoms with Crippen LogP contribution < -0.4 is 5.32 Å². The zero-order valence-corrected chi connectivity index (χ0v) is 12.4. The van der Waals surface area contributed by atoms with Crippen LogP contribution in [0.5, 0.6) is 0 Å². The molecule has 0 aromatic carbocycles. The molecule has 0 heterocycles. The van der Waals surface area contributed by atoms with Crippen LogP contribution in [0.15, 0.2) is 0 Å². The lowest BCUT2D eigenvalue weighted by Gasteiger charge is -2.33. The predicted molar refractivity (Wildman–Crippen MR) is 72.7 cm³/mol. The number of likely N-dealkylation sites (N-methyl/N-ethyl adjacent to an activating group) is 2. The van der Waals surface area contributed by atoms with Crippen molar-refractivity contribution in [3.05, 3.63) is 0 Å². The summed E-state index contributed by atoms with van der Waals surface area (Å²) in [6.07, 6.45) is 0. The SMILES string of the molecule is CCNC(C)(CN(CC)CCOCC)C(=O)OC. The van der Waals surface area contributed by atoms with Gasteiger partial charge in [-0.1, -0.05) is 13.8 Å². The Labute approximate surface area is 111 Å². The lowest BCUT2D eigenvalue weighted by Crippen LogP contribution is -2.57.